The molecule has 1 N–H and O–H groups in total. The van der Waals surface area contributed by atoms with Gasteiger partial charge in [0.05, 0.1) is 23.8 Å². The normalized spacial score (nSPS) is 45.6. The highest BCUT2D eigenvalue weighted by Gasteiger charge is 2.51. The first-order valence-corrected chi connectivity index (χ1v) is 8.53. The summed E-state index contributed by atoms with van der Waals surface area (Å²) in [6, 6.07) is 0.584. The number of rotatable bonds is 1. The molecule has 1 atom stereocenters. The predicted octanol–water partition coefficient (Wildman–Crippen LogP) is 2.68. The molecular weight excluding hydrogens is 246 g/mol. The lowest BCUT2D eigenvalue weighted by molar-refractivity contribution is -0.0543. The number of nitrogens with one attached hydrogen (secondary N) is 1. The number of aryl methyl sites for hydroxylation is 1. The van der Waals surface area contributed by atoms with Crippen molar-refractivity contribution in [3.63, 3.8) is 0 Å². The first-order valence-electron chi connectivity index (χ1n) is 8.53. The molecule has 1 aromatic rings. The maximum Gasteiger partial charge on any atom is 0.0949 e. The highest BCUT2D eigenvalue weighted by atomic mass is 15.1. The lowest BCUT2D eigenvalue weighted by Gasteiger charge is -2.57. The summed E-state index contributed by atoms with van der Waals surface area (Å²) in [5.74, 6) is 5.01. The smallest absolute Gasteiger partial charge is 0.0949 e. The van der Waals surface area contributed by atoms with Gasteiger partial charge in [0.2, 0.25) is 0 Å². The van der Waals surface area contributed by atoms with E-state index in [0.717, 1.165) is 42.6 Å². The summed E-state index contributed by atoms with van der Waals surface area (Å²) < 4.78 is 2.29. The molecule has 4 fully saturated rings. The molecule has 0 amide bonds. The zero-order chi connectivity index (χ0) is 13.3. The van der Waals surface area contributed by atoms with Crippen LogP contribution >= 0.6 is 0 Å². The van der Waals surface area contributed by atoms with Gasteiger partial charge in [0.1, 0.15) is 0 Å². The van der Waals surface area contributed by atoms with Crippen molar-refractivity contribution < 1.29 is 0 Å². The summed E-state index contributed by atoms with van der Waals surface area (Å²) in [6.45, 7) is 1.12. The van der Waals surface area contributed by atoms with Crippen LogP contribution in [0.5, 0.6) is 0 Å². The molecule has 0 spiro atoms. The van der Waals surface area contributed by atoms with Crippen LogP contribution in [0.15, 0.2) is 6.33 Å². The predicted molar refractivity (Wildman–Crippen MR) is 78.2 cm³/mol. The second kappa shape index (κ2) is 4.09. The molecule has 4 aliphatic carbocycles. The minimum absolute atomic E-state index is 0.584. The highest BCUT2D eigenvalue weighted by Crippen LogP contribution is 2.59. The van der Waals surface area contributed by atoms with Crippen LogP contribution in [0.3, 0.4) is 0 Å². The van der Waals surface area contributed by atoms with E-state index < -0.39 is 0 Å². The van der Waals surface area contributed by atoms with E-state index in [9.17, 15) is 0 Å². The van der Waals surface area contributed by atoms with Crippen molar-refractivity contribution in [2.24, 2.45) is 36.6 Å². The topological polar surface area (TPSA) is 29.9 Å². The molecule has 4 saturated carbocycles. The van der Waals surface area contributed by atoms with Crippen LogP contribution in [-0.4, -0.2) is 16.1 Å². The Labute approximate surface area is 121 Å². The number of imidazole rings is 1. The Kier molecular flexibility index (Phi) is 2.41. The third-order valence-corrected chi connectivity index (χ3v) is 6.77. The van der Waals surface area contributed by atoms with Gasteiger partial charge in [-0.05, 0) is 61.7 Å². The summed E-state index contributed by atoms with van der Waals surface area (Å²) in [5, 5.41) is 3.87. The summed E-state index contributed by atoms with van der Waals surface area (Å²) in [5.41, 5.74) is 2.87. The molecule has 1 unspecified atom stereocenters. The van der Waals surface area contributed by atoms with E-state index in [4.69, 9.17) is 0 Å². The van der Waals surface area contributed by atoms with Crippen molar-refractivity contribution in [2.75, 3.05) is 6.54 Å². The highest BCUT2D eigenvalue weighted by molar-refractivity contribution is 5.23. The minimum atomic E-state index is 0.584. The second-order valence-electron chi connectivity index (χ2n) is 7.88. The molecule has 4 bridgehead atoms. The number of fused-ring (bicyclic) bond motifs is 1. The van der Waals surface area contributed by atoms with E-state index >= 15 is 0 Å². The molecule has 3 nitrogen and oxygen atoms in total. The van der Waals surface area contributed by atoms with Crippen LogP contribution in [0.1, 0.15) is 49.5 Å². The molecular formula is C17H25N3. The lowest BCUT2D eigenvalue weighted by Crippen LogP contribution is -2.51. The monoisotopic (exact) mass is 271 g/mol. The van der Waals surface area contributed by atoms with Crippen LogP contribution in [0.2, 0.25) is 0 Å². The van der Waals surface area contributed by atoms with Gasteiger partial charge in [-0.25, -0.2) is 4.98 Å². The Morgan fingerprint density at radius 2 is 1.80 bits per heavy atom. The molecule has 3 heteroatoms. The Morgan fingerprint density at radius 1 is 1.10 bits per heavy atom. The van der Waals surface area contributed by atoms with Crippen molar-refractivity contribution in [3.8, 4) is 0 Å². The average Bonchev–Trinajstić information content (AvgIpc) is 2.80. The van der Waals surface area contributed by atoms with Crippen LogP contribution in [0.25, 0.3) is 0 Å². The van der Waals surface area contributed by atoms with Gasteiger partial charge in [0, 0.05) is 20.0 Å². The number of nitrogens with zero attached hydrogens (tertiary/aromatic N) is 2. The fraction of sp³-hybridized carbons (Fsp3) is 0.824. The first kappa shape index (κ1) is 11.8. The van der Waals surface area contributed by atoms with Crippen LogP contribution in [-0.2, 0) is 13.5 Å². The van der Waals surface area contributed by atoms with Gasteiger partial charge >= 0.3 is 0 Å². The largest absolute Gasteiger partial charge is 0.336 e. The number of hydrogen-bond acceptors (Lipinski definition) is 2. The SMILES string of the molecule is Cn1cnc2c1C(C1C3CC4CC(C3)CC1C4)NCC2. The molecule has 6 rings (SSSR count). The average molecular weight is 271 g/mol. The zero-order valence-electron chi connectivity index (χ0n) is 12.4. The molecule has 1 aromatic heterocycles. The lowest BCUT2D eigenvalue weighted by atomic mass is 9.50. The molecule has 20 heavy (non-hydrogen) atoms. The van der Waals surface area contributed by atoms with Crippen molar-refractivity contribution >= 4 is 0 Å². The molecule has 5 aliphatic rings. The van der Waals surface area contributed by atoms with Crippen molar-refractivity contribution in [2.45, 2.75) is 44.6 Å². The molecule has 108 valence electrons. The molecule has 0 radical (unpaired) electrons. The van der Waals surface area contributed by atoms with Gasteiger partial charge in [-0.2, -0.15) is 0 Å². The zero-order valence-corrected chi connectivity index (χ0v) is 12.4. The van der Waals surface area contributed by atoms with Gasteiger partial charge in [-0.1, -0.05) is 0 Å². The van der Waals surface area contributed by atoms with Crippen LogP contribution < -0.4 is 5.32 Å². The summed E-state index contributed by atoms with van der Waals surface area (Å²) in [7, 11) is 2.18. The standard InChI is InChI=1S/C17H25N3/c1-20-9-19-14-2-3-18-16(17(14)20)15-12-5-10-4-11(7-12)8-13(15)6-10/h9-13,15-16,18H,2-8H2,1H3. The van der Waals surface area contributed by atoms with Crippen LogP contribution in [0, 0.1) is 29.6 Å². The van der Waals surface area contributed by atoms with E-state index in [0.29, 0.717) is 6.04 Å². The van der Waals surface area contributed by atoms with Crippen LogP contribution in [0.4, 0.5) is 0 Å². The Balaban J connectivity index is 1.53. The molecule has 0 saturated heterocycles. The maximum atomic E-state index is 4.64. The fourth-order valence-electron chi connectivity index (χ4n) is 6.35. The van der Waals surface area contributed by atoms with Crippen molar-refractivity contribution in [1.29, 1.82) is 0 Å². The van der Waals surface area contributed by atoms with E-state index in [1.807, 2.05) is 6.33 Å². The van der Waals surface area contributed by atoms with E-state index in [1.165, 1.54) is 37.1 Å². The number of aromatic nitrogens is 2. The molecule has 2 heterocycles. The summed E-state index contributed by atoms with van der Waals surface area (Å²) >= 11 is 0. The number of hydrogen-bond donors (Lipinski definition) is 1. The Morgan fingerprint density at radius 3 is 2.50 bits per heavy atom. The van der Waals surface area contributed by atoms with Crippen molar-refractivity contribution in [1.82, 2.24) is 14.9 Å². The second-order valence-corrected chi connectivity index (χ2v) is 7.88. The van der Waals surface area contributed by atoms with Gasteiger partial charge in [0.15, 0.2) is 0 Å². The quantitative estimate of drug-likeness (QED) is 0.851. The third-order valence-electron chi connectivity index (χ3n) is 6.77. The van der Waals surface area contributed by atoms with Gasteiger partial charge in [0.25, 0.3) is 0 Å². The summed E-state index contributed by atoms with van der Waals surface area (Å²) in [4.78, 5) is 4.64. The first-order chi connectivity index (χ1) is 9.79. The van der Waals surface area contributed by atoms with Gasteiger partial charge < -0.3 is 9.88 Å². The third kappa shape index (κ3) is 1.53. The van der Waals surface area contributed by atoms with Gasteiger partial charge in [-0.15, -0.1) is 0 Å². The Bertz CT molecular complexity index is 504. The van der Waals surface area contributed by atoms with Gasteiger partial charge in [-0.3, -0.25) is 0 Å². The van der Waals surface area contributed by atoms with Crippen molar-refractivity contribution in [3.05, 3.63) is 17.7 Å². The van der Waals surface area contributed by atoms with E-state index in [-0.39, 0.29) is 0 Å². The Hall–Kier alpha value is -0.830. The summed E-state index contributed by atoms with van der Waals surface area (Å²) in [6.07, 6.45) is 10.8. The minimum Gasteiger partial charge on any atom is -0.336 e. The van der Waals surface area contributed by atoms with E-state index in [2.05, 4.69) is 21.9 Å². The maximum absolute atomic E-state index is 4.64. The fourth-order valence-corrected chi connectivity index (χ4v) is 6.35. The van der Waals surface area contributed by atoms with E-state index in [1.54, 1.807) is 6.42 Å². The molecule has 0 aromatic carbocycles. The molecule has 1 aliphatic heterocycles.